The van der Waals surface area contributed by atoms with Crippen molar-refractivity contribution in [2.45, 2.75) is 51.7 Å². The maximum atomic E-state index is 11.8. The summed E-state index contributed by atoms with van der Waals surface area (Å²) in [4.78, 5) is 22.8. The Balaban J connectivity index is 2.47. The van der Waals surface area contributed by atoms with Gasteiger partial charge in [-0.1, -0.05) is 13.8 Å². The highest BCUT2D eigenvalue weighted by atomic mass is 16.5. The number of aliphatic carboxylic acids is 1. The highest BCUT2D eigenvalue weighted by Crippen LogP contribution is 2.13. The average molecular weight is 243 g/mol. The molecule has 1 fully saturated rings. The summed E-state index contributed by atoms with van der Waals surface area (Å²) in [5.41, 5.74) is 0. The van der Waals surface area contributed by atoms with Gasteiger partial charge in [0.1, 0.15) is 12.1 Å². The second-order valence-corrected chi connectivity index (χ2v) is 4.88. The zero-order valence-corrected chi connectivity index (χ0v) is 10.4. The van der Waals surface area contributed by atoms with Crippen LogP contribution in [0.1, 0.15) is 39.5 Å². The van der Waals surface area contributed by atoms with Crippen LogP contribution in [-0.2, 0) is 14.3 Å². The van der Waals surface area contributed by atoms with Gasteiger partial charge >= 0.3 is 5.97 Å². The van der Waals surface area contributed by atoms with E-state index in [1.165, 1.54) is 0 Å². The first-order chi connectivity index (χ1) is 8.00. The third-order valence-electron chi connectivity index (χ3n) is 2.79. The fourth-order valence-electron chi connectivity index (χ4n) is 1.91. The molecule has 98 valence electrons. The molecule has 0 aliphatic carbocycles. The molecule has 1 rings (SSSR count). The first kappa shape index (κ1) is 14.0. The van der Waals surface area contributed by atoms with Crippen molar-refractivity contribution in [1.82, 2.24) is 5.32 Å². The van der Waals surface area contributed by atoms with Gasteiger partial charge in [-0.3, -0.25) is 4.79 Å². The highest BCUT2D eigenvalue weighted by molar-refractivity contribution is 5.86. The minimum Gasteiger partial charge on any atom is -0.480 e. The van der Waals surface area contributed by atoms with E-state index in [1.54, 1.807) is 0 Å². The monoisotopic (exact) mass is 243 g/mol. The summed E-state index contributed by atoms with van der Waals surface area (Å²) in [6.07, 6.45) is 2.57. The third-order valence-corrected chi connectivity index (χ3v) is 2.79. The first-order valence-corrected chi connectivity index (χ1v) is 6.15. The van der Waals surface area contributed by atoms with Gasteiger partial charge in [-0.05, 0) is 31.6 Å². The minimum atomic E-state index is -0.983. The highest BCUT2D eigenvalue weighted by Gasteiger charge is 2.27. The van der Waals surface area contributed by atoms with Crippen LogP contribution in [0.5, 0.6) is 0 Å². The molecule has 0 aromatic heterocycles. The predicted molar refractivity (Wildman–Crippen MR) is 62.6 cm³/mol. The summed E-state index contributed by atoms with van der Waals surface area (Å²) < 4.78 is 5.32. The largest absolute Gasteiger partial charge is 0.480 e. The molecule has 1 saturated heterocycles. The van der Waals surface area contributed by atoms with Crippen LogP contribution in [0.2, 0.25) is 0 Å². The predicted octanol–water partition coefficient (Wildman–Crippen LogP) is 1.17. The molecule has 2 N–H and O–H groups in total. The van der Waals surface area contributed by atoms with Gasteiger partial charge in [-0.25, -0.2) is 4.79 Å². The molecule has 5 heteroatoms. The van der Waals surface area contributed by atoms with E-state index in [0.29, 0.717) is 19.4 Å². The van der Waals surface area contributed by atoms with Crippen molar-refractivity contribution in [3.8, 4) is 0 Å². The number of carboxylic acid groups (broad SMARTS) is 1. The Labute approximate surface area is 102 Å². The molecular formula is C12H21NO4. The lowest BCUT2D eigenvalue weighted by molar-refractivity contribution is -0.145. The van der Waals surface area contributed by atoms with E-state index < -0.39 is 18.1 Å². The van der Waals surface area contributed by atoms with Crippen LogP contribution >= 0.6 is 0 Å². The molecule has 0 bridgehead atoms. The quantitative estimate of drug-likeness (QED) is 0.760. The van der Waals surface area contributed by atoms with Crippen LogP contribution in [0.25, 0.3) is 0 Å². The minimum absolute atomic E-state index is 0.226. The molecule has 0 spiro atoms. The number of carbonyl (C=O) groups is 2. The molecule has 0 aromatic rings. The van der Waals surface area contributed by atoms with Crippen molar-refractivity contribution in [3.05, 3.63) is 0 Å². The molecule has 1 aliphatic heterocycles. The number of nitrogens with one attached hydrogen (secondary N) is 1. The van der Waals surface area contributed by atoms with E-state index in [0.717, 1.165) is 12.8 Å². The summed E-state index contributed by atoms with van der Waals surface area (Å²) in [5.74, 6) is -1.05. The summed E-state index contributed by atoms with van der Waals surface area (Å²) in [5, 5.41) is 11.6. The molecule has 2 atom stereocenters. The molecule has 17 heavy (non-hydrogen) atoms. The Morgan fingerprint density at radius 2 is 2.12 bits per heavy atom. The van der Waals surface area contributed by atoms with Crippen molar-refractivity contribution < 1.29 is 19.4 Å². The van der Waals surface area contributed by atoms with E-state index in [-0.39, 0.29) is 11.8 Å². The van der Waals surface area contributed by atoms with E-state index in [4.69, 9.17) is 9.84 Å². The van der Waals surface area contributed by atoms with Crippen LogP contribution in [0.15, 0.2) is 0 Å². The fourth-order valence-corrected chi connectivity index (χ4v) is 1.91. The lowest BCUT2D eigenvalue weighted by Crippen LogP contribution is -2.47. The first-order valence-electron chi connectivity index (χ1n) is 6.15. The summed E-state index contributed by atoms with van der Waals surface area (Å²) >= 11 is 0. The van der Waals surface area contributed by atoms with E-state index in [2.05, 4.69) is 5.32 Å². The molecule has 0 aromatic carbocycles. The van der Waals surface area contributed by atoms with Crippen LogP contribution in [0.4, 0.5) is 0 Å². The molecule has 1 aliphatic rings. The van der Waals surface area contributed by atoms with Gasteiger partial charge in [0, 0.05) is 6.61 Å². The Morgan fingerprint density at radius 1 is 1.41 bits per heavy atom. The standard InChI is InChI=1S/C12H21NO4/c1-8(2)7-9(12(15)16)13-11(14)10-5-3-4-6-17-10/h8-10H,3-7H2,1-2H3,(H,13,14)(H,15,16)/t9-,10?/m1/s1. The summed E-state index contributed by atoms with van der Waals surface area (Å²) in [6, 6.07) is -0.812. The molecule has 5 nitrogen and oxygen atoms in total. The zero-order chi connectivity index (χ0) is 12.8. The topological polar surface area (TPSA) is 75.6 Å². The molecule has 0 saturated carbocycles. The second-order valence-electron chi connectivity index (χ2n) is 4.88. The number of amides is 1. The Hall–Kier alpha value is -1.10. The van der Waals surface area contributed by atoms with Gasteiger partial charge in [0.2, 0.25) is 5.91 Å². The molecule has 0 radical (unpaired) electrons. The van der Waals surface area contributed by atoms with Crippen molar-refractivity contribution in [3.63, 3.8) is 0 Å². The van der Waals surface area contributed by atoms with Crippen molar-refractivity contribution >= 4 is 11.9 Å². The number of carbonyl (C=O) groups excluding carboxylic acids is 1. The van der Waals surface area contributed by atoms with Gasteiger partial charge < -0.3 is 15.2 Å². The lowest BCUT2D eigenvalue weighted by atomic mass is 10.0. The zero-order valence-electron chi connectivity index (χ0n) is 10.4. The summed E-state index contributed by atoms with van der Waals surface area (Å²) in [7, 11) is 0. The van der Waals surface area contributed by atoms with Crippen LogP contribution in [0, 0.1) is 5.92 Å². The lowest BCUT2D eigenvalue weighted by Gasteiger charge is -2.24. The fraction of sp³-hybridized carbons (Fsp3) is 0.833. The maximum Gasteiger partial charge on any atom is 0.326 e. The van der Waals surface area contributed by atoms with Gasteiger partial charge in [0.05, 0.1) is 0 Å². The number of hydrogen-bond donors (Lipinski definition) is 2. The van der Waals surface area contributed by atoms with Crippen LogP contribution in [-0.4, -0.2) is 35.7 Å². The molecule has 1 unspecified atom stereocenters. The number of rotatable bonds is 5. The SMILES string of the molecule is CC(C)C[C@@H](NC(=O)C1CCCCO1)C(=O)O. The van der Waals surface area contributed by atoms with E-state index in [1.807, 2.05) is 13.8 Å². The Morgan fingerprint density at radius 3 is 2.59 bits per heavy atom. The van der Waals surface area contributed by atoms with E-state index >= 15 is 0 Å². The van der Waals surface area contributed by atoms with Gasteiger partial charge in [-0.2, -0.15) is 0 Å². The molecule has 1 amide bonds. The third kappa shape index (κ3) is 4.73. The van der Waals surface area contributed by atoms with Crippen LogP contribution in [0.3, 0.4) is 0 Å². The van der Waals surface area contributed by atoms with Crippen molar-refractivity contribution in [2.24, 2.45) is 5.92 Å². The number of hydrogen-bond acceptors (Lipinski definition) is 3. The van der Waals surface area contributed by atoms with E-state index in [9.17, 15) is 9.59 Å². The van der Waals surface area contributed by atoms with Crippen molar-refractivity contribution in [1.29, 1.82) is 0 Å². The second kappa shape index (κ2) is 6.59. The smallest absolute Gasteiger partial charge is 0.326 e. The van der Waals surface area contributed by atoms with Gasteiger partial charge in [0.25, 0.3) is 0 Å². The maximum absolute atomic E-state index is 11.8. The van der Waals surface area contributed by atoms with Crippen LogP contribution < -0.4 is 5.32 Å². The Kier molecular flexibility index (Phi) is 5.41. The normalized spacial score (nSPS) is 22.2. The Bertz CT molecular complexity index is 272. The van der Waals surface area contributed by atoms with Crippen molar-refractivity contribution in [2.75, 3.05) is 6.61 Å². The molecule has 1 heterocycles. The number of carboxylic acids is 1. The number of ether oxygens (including phenoxy) is 1. The molecular weight excluding hydrogens is 222 g/mol. The van der Waals surface area contributed by atoms with Gasteiger partial charge in [-0.15, -0.1) is 0 Å². The summed E-state index contributed by atoms with van der Waals surface area (Å²) in [6.45, 7) is 4.44. The average Bonchev–Trinajstić information content (AvgIpc) is 2.28. The van der Waals surface area contributed by atoms with Gasteiger partial charge in [0.15, 0.2) is 0 Å².